The van der Waals surface area contributed by atoms with Crippen LogP contribution in [0, 0.1) is 0 Å². The molecule has 128 valence electrons. The number of carbonyl (C=O) groups excluding carboxylic acids is 1. The van der Waals surface area contributed by atoms with Gasteiger partial charge in [-0.15, -0.1) is 0 Å². The van der Waals surface area contributed by atoms with Crippen LogP contribution in [0.25, 0.3) is 22.4 Å². The summed E-state index contributed by atoms with van der Waals surface area (Å²) >= 11 is 6.37. The molecule has 0 radical (unpaired) electrons. The van der Waals surface area contributed by atoms with E-state index in [0.29, 0.717) is 16.1 Å². The van der Waals surface area contributed by atoms with E-state index in [-0.39, 0.29) is 11.3 Å². The number of halogens is 3. The number of aryl methyl sites for hydroxylation is 1. The van der Waals surface area contributed by atoms with Crippen molar-refractivity contribution < 1.29 is 13.6 Å². The van der Waals surface area contributed by atoms with Gasteiger partial charge in [-0.1, -0.05) is 54.1 Å². The standard InChI is InChI=1S/C18H14ClF2N3O/c1-24-16(14(18(22)25)15(23-24)17(20)21)13-11(8-5-9-12(13)19)10-6-3-2-4-7-10/h2-9,17H,1H3,(H2,22,25). The third kappa shape index (κ3) is 3.00. The first kappa shape index (κ1) is 17.1. The van der Waals surface area contributed by atoms with Crippen molar-refractivity contribution in [2.24, 2.45) is 12.8 Å². The van der Waals surface area contributed by atoms with Gasteiger partial charge in [0.15, 0.2) is 0 Å². The average molecular weight is 362 g/mol. The summed E-state index contributed by atoms with van der Waals surface area (Å²) in [4.78, 5) is 11.9. The first-order chi connectivity index (χ1) is 11.9. The van der Waals surface area contributed by atoms with Gasteiger partial charge in [-0.3, -0.25) is 9.48 Å². The van der Waals surface area contributed by atoms with Crippen molar-refractivity contribution in [2.45, 2.75) is 6.43 Å². The summed E-state index contributed by atoms with van der Waals surface area (Å²) in [6.07, 6.45) is -2.93. The highest BCUT2D eigenvalue weighted by Crippen LogP contribution is 2.40. The van der Waals surface area contributed by atoms with E-state index in [1.807, 2.05) is 30.3 Å². The van der Waals surface area contributed by atoms with Crippen LogP contribution < -0.4 is 5.73 Å². The van der Waals surface area contributed by atoms with Crippen LogP contribution in [0.15, 0.2) is 48.5 Å². The molecule has 7 heteroatoms. The zero-order valence-electron chi connectivity index (χ0n) is 13.2. The van der Waals surface area contributed by atoms with Crippen molar-refractivity contribution in [2.75, 3.05) is 0 Å². The molecule has 0 aliphatic heterocycles. The van der Waals surface area contributed by atoms with Crippen LogP contribution in [0.1, 0.15) is 22.5 Å². The lowest BCUT2D eigenvalue weighted by atomic mass is 9.95. The number of amides is 1. The summed E-state index contributed by atoms with van der Waals surface area (Å²) in [5.74, 6) is -0.975. The van der Waals surface area contributed by atoms with Gasteiger partial charge < -0.3 is 5.73 Å². The topological polar surface area (TPSA) is 60.9 Å². The highest BCUT2D eigenvalue weighted by Gasteiger charge is 2.29. The first-order valence-corrected chi connectivity index (χ1v) is 7.78. The van der Waals surface area contributed by atoms with Gasteiger partial charge in [0.2, 0.25) is 0 Å². The van der Waals surface area contributed by atoms with Crippen molar-refractivity contribution in [1.82, 2.24) is 9.78 Å². The molecule has 0 aliphatic rings. The monoisotopic (exact) mass is 361 g/mol. The minimum absolute atomic E-state index is 0.173. The fourth-order valence-corrected chi connectivity index (χ4v) is 3.11. The second-order valence-electron chi connectivity index (χ2n) is 5.43. The van der Waals surface area contributed by atoms with Crippen molar-refractivity contribution in [3.63, 3.8) is 0 Å². The van der Waals surface area contributed by atoms with E-state index in [2.05, 4.69) is 5.10 Å². The molecule has 0 fully saturated rings. The number of nitrogens with two attached hydrogens (primary N) is 1. The molecule has 0 spiro atoms. The average Bonchev–Trinajstić information content (AvgIpc) is 2.93. The Labute approximate surface area is 147 Å². The van der Waals surface area contributed by atoms with E-state index in [1.54, 1.807) is 18.2 Å². The fraction of sp³-hybridized carbons (Fsp3) is 0.111. The lowest BCUT2D eigenvalue weighted by Crippen LogP contribution is -2.14. The Morgan fingerprint density at radius 2 is 1.84 bits per heavy atom. The zero-order valence-corrected chi connectivity index (χ0v) is 14.0. The Balaban J connectivity index is 2.37. The van der Waals surface area contributed by atoms with Crippen LogP contribution in [0.5, 0.6) is 0 Å². The lowest BCUT2D eigenvalue weighted by molar-refractivity contribution is 0.0985. The maximum absolute atomic E-state index is 13.3. The molecule has 0 saturated carbocycles. The molecular formula is C18H14ClF2N3O. The zero-order chi connectivity index (χ0) is 18.1. The van der Waals surface area contributed by atoms with Gasteiger partial charge in [0.25, 0.3) is 12.3 Å². The molecule has 0 unspecified atom stereocenters. The van der Waals surface area contributed by atoms with Gasteiger partial charge >= 0.3 is 0 Å². The van der Waals surface area contributed by atoms with E-state index in [0.717, 1.165) is 5.56 Å². The molecule has 3 rings (SSSR count). The minimum atomic E-state index is -2.93. The predicted molar refractivity (Wildman–Crippen MR) is 92.6 cm³/mol. The van der Waals surface area contributed by atoms with Crippen molar-refractivity contribution in [3.8, 4) is 22.4 Å². The smallest absolute Gasteiger partial charge is 0.282 e. The normalized spacial score (nSPS) is 11.1. The Morgan fingerprint density at radius 1 is 1.16 bits per heavy atom. The molecule has 3 aromatic rings. The van der Waals surface area contributed by atoms with Gasteiger partial charge in [0.1, 0.15) is 5.69 Å². The van der Waals surface area contributed by atoms with Crippen LogP contribution >= 0.6 is 11.6 Å². The van der Waals surface area contributed by atoms with Crippen LogP contribution in [0.2, 0.25) is 5.02 Å². The number of primary amides is 1. The molecule has 0 atom stereocenters. The third-order valence-electron chi connectivity index (χ3n) is 3.86. The van der Waals surface area contributed by atoms with E-state index >= 15 is 0 Å². The summed E-state index contributed by atoms with van der Waals surface area (Å²) in [7, 11) is 1.48. The number of nitrogens with zero attached hydrogens (tertiary/aromatic N) is 2. The number of benzene rings is 2. The summed E-state index contributed by atoms with van der Waals surface area (Å²) in [5, 5.41) is 4.10. The Morgan fingerprint density at radius 3 is 2.44 bits per heavy atom. The summed E-state index contributed by atoms with van der Waals surface area (Å²) < 4.78 is 27.8. The second kappa shape index (κ2) is 6.64. The van der Waals surface area contributed by atoms with E-state index in [4.69, 9.17) is 17.3 Å². The number of rotatable bonds is 4. The van der Waals surface area contributed by atoms with Crippen LogP contribution in [-0.2, 0) is 7.05 Å². The molecular weight excluding hydrogens is 348 g/mol. The highest BCUT2D eigenvalue weighted by atomic mass is 35.5. The van der Waals surface area contributed by atoms with Crippen LogP contribution in [-0.4, -0.2) is 15.7 Å². The Hall–Kier alpha value is -2.73. The molecule has 2 aromatic carbocycles. The lowest BCUT2D eigenvalue weighted by Gasteiger charge is -2.13. The number of alkyl halides is 2. The van der Waals surface area contributed by atoms with E-state index in [1.165, 1.54) is 11.7 Å². The minimum Gasteiger partial charge on any atom is -0.365 e. The van der Waals surface area contributed by atoms with Crippen LogP contribution in [0.3, 0.4) is 0 Å². The van der Waals surface area contributed by atoms with Crippen molar-refractivity contribution in [3.05, 3.63) is 64.8 Å². The van der Waals surface area contributed by atoms with Gasteiger partial charge in [-0.25, -0.2) is 8.78 Å². The molecule has 2 N–H and O–H groups in total. The van der Waals surface area contributed by atoms with Gasteiger partial charge in [0.05, 0.1) is 16.3 Å². The van der Waals surface area contributed by atoms with Crippen molar-refractivity contribution >= 4 is 17.5 Å². The molecule has 25 heavy (non-hydrogen) atoms. The maximum atomic E-state index is 13.3. The highest BCUT2D eigenvalue weighted by molar-refractivity contribution is 6.34. The SMILES string of the molecule is Cn1nc(C(F)F)c(C(N)=O)c1-c1c(Cl)cccc1-c1ccccc1. The largest absolute Gasteiger partial charge is 0.365 e. The number of aromatic nitrogens is 2. The van der Waals surface area contributed by atoms with Crippen LogP contribution in [0.4, 0.5) is 8.78 Å². The molecule has 0 aliphatic carbocycles. The quantitative estimate of drug-likeness (QED) is 0.746. The number of hydrogen-bond donors (Lipinski definition) is 1. The molecule has 0 saturated heterocycles. The third-order valence-corrected chi connectivity index (χ3v) is 4.18. The molecule has 1 aromatic heterocycles. The summed E-state index contributed by atoms with van der Waals surface area (Å²) in [5.41, 5.74) is 6.54. The Bertz CT molecular complexity index is 939. The predicted octanol–water partition coefficient (Wildman–Crippen LogP) is 4.44. The summed E-state index contributed by atoms with van der Waals surface area (Å²) in [6.45, 7) is 0. The second-order valence-corrected chi connectivity index (χ2v) is 5.83. The molecule has 4 nitrogen and oxygen atoms in total. The summed E-state index contributed by atoms with van der Waals surface area (Å²) in [6, 6.07) is 14.5. The molecule has 1 amide bonds. The van der Waals surface area contributed by atoms with E-state index in [9.17, 15) is 13.6 Å². The maximum Gasteiger partial charge on any atom is 0.282 e. The first-order valence-electron chi connectivity index (χ1n) is 7.41. The fourth-order valence-electron chi connectivity index (χ4n) is 2.85. The number of carbonyl (C=O) groups is 1. The van der Waals surface area contributed by atoms with E-state index < -0.39 is 18.0 Å². The Kier molecular flexibility index (Phi) is 4.55. The number of hydrogen-bond acceptors (Lipinski definition) is 2. The molecule has 0 bridgehead atoms. The van der Waals surface area contributed by atoms with Crippen molar-refractivity contribution in [1.29, 1.82) is 0 Å². The van der Waals surface area contributed by atoms with Gasteiger partial charge in [-0.05, 0) is 17.2 Å². The van der Waals surface area contributed by atoms with Gasteiger partial charge in [-0.2, -0.15) is 5.10 Å². The van der Waals surface area contributed by atoms with Gasteiger partial charge in [0, 0.05) is 12.6 Å². The molecule has 1 heterocycles.